The lowest BCUT2D eigenvalue weighted by molar-refractivity contribution is -0.118. The fourth-order valence-corrected chi connectivity index (χ4v) is 4.02. The number of aryl methyl sites for hydroxylation is 2. The van der Waals surface area contributed by atoms with E-state index in [1.54, 1.807) is 11.8 Å². The Morgan fingerprint density at radius 2 is 2.05 bits per heavy atom. The van der Waals surface area contributed by atoms with Crippen LogP contribution in [-0.2, 0) is 4.79 Å². The molecule has 0 unspecified atom stereocenters. The molecule has 1 fully saturated rings. The quantitative estimate of drug-likeness (QED) is 0.783. The Balaban J connectivity index is 1.85. The molecule has 3 nitrogen and oxygen atoms in total. The van der Waals surface area contributed by atoms with Crippen molar-refractivity contribution in [2.45, 2.75) is 56.4 Å². The van der Waals surface area contributed by atoms with Crippen molar-refractivity contribution < 1.29 is 4.79 Å². The maximum Gasteiger partial charge on any atom is 0.173 e. The molecule has 116 valence electrons. The van der Waals surface area contributed by atoms with Gasteiger partial charge in [-0.25, -0.2) is 4.98 Å². The Hall–Kier alpha value is -1.55. The number of thioether (sulfide) groups is 1. The number of imidazole rings is 1. The topological polar surface area (TPSA) is 34.9 Å². The highest BCUT2D eigenvalue weighted by Crippen LogP contribution is 2.31. The highest BCUT2D eigenvalue weighted by Gasteiger charge is 2.23. The van der Waals surface area contributed by atoms with Crippen LogP contribution in [0.25, 0.3) is 5.69 Å². The zero-order valence-electron chi connectivity index (χ0n) is 13.2. The van der Waals surface area contributed by atoms with Crippen LogP contribution >= 0.6 is 11.8 Å². The van der Waals surface area contributed by atoms with Crippen LogP contribution in [0, 0.1) is 13.8 Å². The second-order valence-corrected chi connectivity index (χ2v) is 7.19. The van der Waals surface area contributed by atoms with E-state index in [1.807, 2.05) is 12.4 Å². The van der Waals surface area contributed by atoms with Crippen LogP contribution in [0.2, 0.25) is 0 Å². The summed E-state index contributed by atoms with van der Waals surface area (Å²) in [4.78, 5) is 16.7. The van der Waals surface area contributed by atoms with Gasteiger partial charge in [0, 0.05) is 24.5 Å². The Morgan fingerprint density at radius 3 is 2.86 bits per heavy atom. The molecule has 0 radical (unpaired) electrons. The highest BCUT2D eigenvalue weighted by molar-refractivity contribution is 8.00. The van der Waals surface area contributed by atoms with E-state index in [4.69, 9.17) is 0 Å². The van der Waals surface area contributed by atoms with Crippen molar-refractivity contribution in [3.05, 3.63) is 41.7 Å². The molecule has 1 aromatic carbocycles. The molecule has 1 aliphatic carbocycles. The molecule has 1 saturated carbocycles. The lowest BCUT2D eigenvalue weighted by atomic mass is 10.1. The predicted molar refractivity (Wildman–Crippen MR) is 90.8 cm³/mol. The van der Waals surface area contributed by atoms with Gasteiger partial charge in [0.2, 0.25) is 0 Å². The zero-order chi connectivity index (χ0) is 15.5. The van der Waals surface area contributed by atoms with Gasteiger partial charge in [-0.15, -0.1) is 0 Å². The summed E-state index contributed by atoms with van der Waals surface area (Å²) in [7, 11) is 0. The number of carbonyl (C=O) groups is 1. The average Bonchev–Trinajstić information content (AvgIpc) is 2.87. The van der Waals surface area contributed by atoms with Crippen molar-refractivity contribution in [2.24, 2.45) is 0 Å². The minimum absolute atomic E-state index is 0.0650. The average molecular weight is 314 g/mol. The summed E-state index contributed by atoms with van der Waals surface area (Å²) in [5.74, 6) is 0.386. The Bertz CT molecular complexity index is 677. The first kappa shape index (κ1) is 15.3. The number of carbonyl (C=O) groups excluding carboxylic acids is 1. The van der Waals surface area contributed by atoms with Crippen molar-refractivity contribution in [3.63, 3.8) is 0 Å². The lowest BCUT2D eigenvalue weighted by Crippen LogP contribution is -2.15. The fraction of sp³-hybridized carbons (Fsp3) is 0.444. The minimum atomic E-state index is 0.0650. The second-order valence-electron chi connectivity index (χ2n) is 6.02. The van der Waals surface area contributed by atoms with E-state index in [0.717, 1.165) is 36.5 Å². The third kappa shape index (κ3) is 3.27. The predicted octanol–water partition coefficient (Wildman–Crippen LogP) is 4.48. The van der Waals surface area contributed by atoms with Gasteiger partial charge in [0.1, 0.15) is 5.78 Å². The van der Waals surface area contributed by atoms with Crippen LogP contribution in [-0.4, -0.2) is 20.6 Å². The van der Waals surface area contributed by atoms with Gasteiger partial charge in [-0.3, -0.25) is 9.36 Å². The second kappa shape index (κ2) is 6.69. The van der Waals surface area contributed by atoms with Crippen molar-refractivity contribution >= 4 is 17.5 Å². The third-order valence-electron chi connectivity index (χ3n) is 4.37. The van der Waals surface area contributed by atoms with Gasteiger partial charge in [0.05, 0.1) is 5.25 Å². The van der Waals surface area contributed by atoms with Crippen molar-refractivity contribution in [1.29, 1.82) is 0 Å². The molecule has 1 heterocycles. The van der Waals surface area contributed by atoms with Gasteiger partial charge in [0.25, 0.3) is 0 Å². The zero-order valence-corrected chi connectivity index (χ0v) is 14.0. The van der Waals surface area contributed by atoms with Gasteiger partial charge in [0.15, 0.2) is 5.16 Å². The standard InChI is InChI=1S/C18H22N2OS/c1-13-8-9-15(12-14(13)2)20-11-10-19-18(20)22-17-7-5-3-4-6-16(17)21/h8-12,17H,3-7H2,1-2H3/t17-/m1/s1. The maximum absolute atomic E-state index is 12.2. The van der Waals surface area contributed by atoms with Crippen LogP contribution in [0.4, 0.5) is 0 Å². The van der Waals surface area contributed by atoms with Crippen LogP contribution in [0.3, 0.4) is 0 Å². The lowest BCUT2D eigenvalue weighted by Gasteiger charge is -2.14. The van der Waals surface area contributed by atoms with Crippen LogP contribution in [0.5, 0.6) is 0 Å². The Labute approximate surface area is 136 Å². The maximum atomic E-state index is 12.2. The van der Waals surface area contributed by atoms with Gasteiger partial charge in [-0.2, -0.15) is 0 Å². The molecule has 0 aliphatic heterocycles. The van der Waals surface area contributed by atoms with E-state index in [1.165, 1.54) is 17.5 Å². The number of aromatic nitrogens is 2. The number of rotatable bonds is 3. The van der Waals surface area contributed by atoms with Crippen LogP contribution in [0.15, 0.2) is 35.7 Å². The highest BCUT2D eigenvalue weighted by atomic mass is 32.2. The Kier molecular flexibility index (Phi) is 4.67. The number of benzene rings is 1. The van der Waals surface area contributed by atoms with Gasteiger partial charge < -0.3 is 0 Å². The number of hydrogen-bond acceptors (Lipinski definition) is 3. The fourth-order valence-electron chi connectivity index (χ4n) is 2.83. The van der Waals surface area contributed by atoms with Gasteiger partial charge >= 0.3 is 0 Å². The first-order chi connectivity index (χ1) is 10.6. The first-order valence-corrected chi connectivity index (χ1v) is 8.83. The van der Waals surface area contributed by atoms with E-state index >= 15 is 0 Å². The summed E-state index contributed by atoms with van der Waals surface area (Å²) in [6, 6.07) is 6.43. The molecule has 1 aliphatic rings. The van der Waals surface area contributed by atoms with E-state index in [0.29, 0.717) is 5.78 Å². The van der Waals surface area contributed by atoms with E-state index in [2.05, 4.69) is 41.6 Å². The molecular formula is C18H22N2OS. The molecule has 22 heavy (non-hydrogen) atoms. The molecule has 0 N–H and O–H groups in total. The SMILES string of the molecule is Cc1ccc(-n2ccnc2S[C@@H]2CCCCCC2=O)cc1C. The molecule has 2 aromatic rings. The summed E-state index contributed by atoms with van der Waals surface area (Å²) in [5, 5.41) is 0.985. The molecule has 0 saturated heterocycles. The third-order valence-corrected chi connectivity index (χ3v) is 5.67. The summed E-state index contributed by atoms with van der Waals surface area (Å²) in [6.07, 6.45) is 8.86. The monoisotopic (exact) mass is 314 g/mol. The molecular weight excluding hydrogens is 292 g/mol. The van der Waals surface area contributed by atoms with E-state index < -0.39 is 0 Å². The summed E-state index contributed by atoms with van der Waals surface area (Å²) in [6.45, 7) is 4.24. The van der Waals surface area contributed by atoms with Gasteiger partial charge in [-0.05, 0) is 49.9 Å². The number of ketones is 1. The van der Waals surface area contributed by atoms with E-state index in [9.17, 15) is 4.79 Å². The summed E-state index contributed by atoms with van der Waals surface area (Å²) >= 11 is 1.63. The van der Waals surface area contributed by atoms with Crippen LogP contribution < -0.4 is 0 Å². The van der Waals surface area contributed by atoms with Crippen molar-refractivity contribution in [3.8, 4) is 5.69 Å². The number of hydrogen-bond donors (Lipinski definition) is 0. The smallest absolute Gasteiger partial charge is 0.173 e. The first-order valence-electron chi connectivity index (χ1n) is 7.95. The number of nitrogens with zero attached hydrogens (tertiary/aromatic N) is 2. The van der Waals surface area contributed by atoms with Crippen LogP contribution in [0.1, 0.15) is 43.2 Å². The Morgan fingerprint density at radius 1 is 1.18 bits per heavy atom. The molecule has 0 amide bonds. The molecule has 0 bridgehead atoms. The summed E-state index contributed by atoms with van der Waals surface area (Å²) in [5.41, 5.74) is 3.67. The molecule has 1 atom stereocenters. The minimum Gasteiger partial charge on any atom is -0.298 e. The van der Waals surface area contributed by atoms with Gasteiger partial charge in [-0.1, -0.05) is 30.7 Å². The molecule has 3 rings (SSSR count). The molecule has 4 heteroatoms. The summed E-state index contributed by atoms with van der Waals surface area (Å²) < 4.78 is 2.09. The largest absolute Gasteiger partial charge is 0.298 e. The van der Waals surface area contributed by atoms with Crippen molar-refractivity contribution in [1.82, 2.24) is 9.55 Å². The molecule has 1 aromatic heterocycles. The molecule has 0 spiro atoms. The van der Waals surface area contributed by atoms with E-state index in [-0.39, 0.29) is 5.25 Å². The normalized spacial score (nSPS) is 19.2. The number of Topliss-reactive ketones (excluding diaryl/α,β-unsaturated/α-hetero) is 1. The van der Waals surface area contributed by atoms with Crippen molar-refractivity contribution in [2.75, 3.05) is 0 Å².